The summed E-state index contributed by atoms with van der Waals surface area (Å²) < 4.78 is 21.1. The van der Waals surface area contributed by atoms with Gasteiger partial charge in [0.2, 0.25) is 0 Å². The van der Waals surface area contributed by atoms with Crippen LogP contribution in [0.5, 0.6) is 0 Å². The summed E-state index contributed by atoms with van der Waals surface area (Å²) >= 11 is 0. The first-order valence-electron chi connectivity index (χ1n) is 12.4. The number of esters is 1. The number of ether oxygens (including phenoxy) is 1. The Labute approximate surface area is 208 Å². The number of pyridine rings is 2. The number of aryl methyl sites for hydroxylation is 2. The standard InChI is InChI=1S/C22H17FN2O4.C3H9NO.C2H6/c1-9-10-3-2-4-11-13-7-25-17(19(13)24-16(18(10)11)6-15(9)23)5-12-14(21(25)27)8-29-22(28)20(12)26;1-3(5)2-4;1-2/h5-6,20,26H,2-4,7-8H2,1H3;3,5H,2,4H2,1H3;1-2H3. The minimum Gasteiger partial charge on any atom is -0.458 e. The molecule has 0 saturated carbocycles. The number of hydrogen-bond acceptors (Lipinski definition) is 7. The smallest absolute Gasteiger partial charge is 0.340 e. The average molecular weight is 498 g/mol. The van der Waals surface area contributed by atoms with Crippen LogP contribution in [0.3, 0.4) is 0 Å². The van der Waals surface area contributed by atoms with Gasteiger partial charge in [0.05, 0.1) is 35.1 Å². The molecule has 1 aromatic carbocycles. The third-order valence-electron chi connectivity index (χ3n) is 6.88. The molecule has 3 aliphatic rings. The second-order valence-electron chi connectivity index (χ2n) is 9.08. The Morgan fingerprint density at radius 3 is 2.53 bits per heavy atom. The van der Waals surface area contributed by atoms with Crippen molar-refractivity contribution in [2.24, 2.45) is 5.73 Å². The van der Waals surface area contributed by atoms with E-state index in [1.165, 1.54) is 6.07 Å². The van der Waals surface area contributed by atoms with E-state index in [9.17, 15) is 19.1 Å². The van der Waals surface area contributed by atoms with Crippen molar-refractivity contribution < 1.29 is 24.1 Å². The molecule has 1 aliphatic carbocycles. The van der Waals surface area contributed by atoms with Crippen LogP contribution < -0.4 is 11.3 Å². The molecule has 2 aliphatic heterocycles. The van der Waals surface area contributed by atoms with E-state index in [1.54, 1.807) is 24.5 Å². The van der Waals surface area contributed by atoms with E-state index in [4.69, 9.17) is 20.6 Å². The topological polar surface area (TPSA) is 128 Å². The Kier molecular flexibility index (Phi) is 7.26. The summed E-state index contributed by atoms with van der Waals surface area (Å²) in [5, 5.41) is 19.5. The van der Waals surface area contributed by atoms with Crippen molar-refractivity contribution >= 4 is 16.9 Å². The SMILES string of the molecule is CC.CC(O)CN.Cc1c(F)cc2nc3c(c4c2c1CCC4)Cn1c-3cc2c(c1=O)COC(=O)C2O. The van der Waals surface area contributed by atoms with Crippen LogP contribution in [0.15, 0.2) is 16.9 Å². The number of aliphatic hydroxyl groups excluding tert-OH is 2. The summed E-state index contributed by atoms with van der Waals surface area (Å²) in [6.07, 6.45) is 0.778. The van der Waals surface area contributed by atoms with Crippen LogP contribution in [-0.2, 0) is 35.5 Å². The van der Waals surface area contributed by atoms with E-state index >= 15 is 0 Å². The maximum Gasteiger partial charge on any atom is 0.340 e. The molecule has 9 heteroatoms. The van der Waals surface area contributed by atoms with Crippen molar-refractivity contribution in [3.05, 3.63) is 61.7 Å². The van der Waals surface area contributed by atoms with E-state index in [2.05, 4.69) is 0 Å². The third-order valence-corrected chi connectivity index (χ3v) is 6.88. The van der Waals surface area contributed by atoms with E-state index < -0.39 is 12.1 Å². The summed E-state index contributed by atoms with van der Waals surface area (Å²) in [4.78, 5) is 29.6. The number of aliphatic hydroxyl groups is 2. The Morgan fingerprint density at radius 2 is 1.86 bits per heavy atom. The van der Waals surface area contributed by atoms with E-state index in [1.807, 2.05) is 13.8 Å². The van der Waals surface area contributed by atoms with Crippen molar-refractivity contribution in [2.45, 2.75) is 72.3 Å². The Hall–Kier alpha value is -3.14. The second-order valence-corrected chi connectivity index (χ2v) is 9.08. The molecule has 0 fully saturated rings. The highest BCUT2D eigenvalue weighted by Gasteiger charge is 2.35. The fourth-order valence-corrected chi connectivity index (χ4v) is 5.06. The summed E-state index contributed by atoms with van der Waals surface area (Å²) in [5.41, 5.74) is 10.8. The zero-order valence-corrected chi connectivity index (χ0v) is 21.0. The van der Waals surface area contributed by atoms with Gasteiger partial charge in [-0.25, -0.2) is 14.2 Å². The zero-order valence-electron chi connectivity index (χ0n) is 21.0. The summed E-state index contributed by atoms with van der Waals surface area (Å²) in [6, 6.07) is 3.13. The predicted octanol–water partition coefficient (Wildman–Crippen LogP) is 2.80. The number of nitrogens with two attached hydrogens (primary N) is 1. The predicted molar refractivity (Wildman–Crippen MR) is 134 cm³/mol. The van der Waals surface area contributed by atoms with Crippen molar-refractivity contribution in [3.8, 4) is 11.4 Å². The largest absolute Gasteiger partial charge is 0.458 e. The van der Waals surface area contributed by atoms with Crippen molar-refractivity contribution in [3.63, 3.8) is 0 Å². The van der Waals surface area contributed by atoms with Gasteiger partial charge < -0.3 is 25.3 Å². The van der Waals surface area contributed by atoms with E-state index in [0.29, 0.717) is 41.1 Å². The van der Waals surface area contributed by atoms with Gasteiger partial charge in [-0.05, 0) is 55.9 Å². The molecule has 0 bridgehead atoms. The molecule has 0 saturated heterocycles. The van der Waals surface area contributed by atoms with Gasteiger partial charge in [0, 0.05) is 29.1 Å². The van der Waals surface area contributed by atoms with Gasteiger partial charge >= 0.3 is 5.97 Å². The molecule has 3 aromatic rings. The number of benzene rings is 1. The minimum absolute atomic E-state index is 0.141. The lowest BCUT2D eigenvalue weighted by Gasteiger charge is -2.22. The fourth-order valence-electron chi connectivity index (χ4n) is 5.06. The molecule has 2 aromatic heterocycles. The summed E-state index contributed by atoms with van der Waals surface area (Å²) in [6.45, 7) is 8.06. The average Bonchev–Trinajstić information content (AvgIpc) is 3.25. The summed E-state index contributed by atoms with van der Waals surface area (Å²) in [7, 11) is 0. The molecule has 4 N–H and O–H groups in total. The maximum atomic E-state index is 14.5. The molecule has 6 rings (SSSR count). The van der Waals surface area contributed by atoms with Crippen LogP contribution in [0.2, 0.25) is 0 Å². The van der Waals surface area contributed by atoms with Crippen molar-refractivity contribution in [2.75, 3.05) is 6.54 Å². The van der Waals surface area contributed by atoms with Crippen LogP contribution in [0.25, 0.3) is 22.3 Å². The fraction of sp³-hybridized carbons (Fsp3) is 0.444. The second kappa shape index (κ2) is 10.1. The van der Waals surface area contributed by atoms with Crippen molar-refractivity contribution in [1.82, 2.24) is 9.55 Å². The number of rotatable bonds is 1. The number of fused-ring (bicyclic) bond motifs is 5. The lowest BCUT2D eigenvalue weighted by Crippen LogP contribution is -2.32. The van der Waals surface area contributed by atoms with Crippen LogP contribution in [0.4, 0.5) is 4.39 Å². The van der Waals surface area contributed by atoms with Gasteiger partial charge in [0.15, 0.2) is 6.10 Å². The quantitative estimate of drug-likeness (QED) is 0.345. The number of hydrogen-bond donors (Lipinski definition) is 3. The number of cyclic esters (lactones) is 1. The van der Waals surface area contributed by atoms with Crippen LogP contribution in [0, 0.1) is 12.7 Å². The molecular formula is C27H32FN3O5. The van der Waals surface area contributed by atoms with Crippen LogP contribution >= 0.6 is 0 Å². The highest BCUT2D eigenvalue weighted by molar-refractivity contribution is 5.92. The molecule has 0 spiro atoms. The Bertz CT molecular complexity index is 1410. The number of nitrogens with zero attached hydrogens (tertiary/aromatic N) is 2. The van der Waals surface area contributed by atoms with Gasteiger partial charge in [0.1, 0.15) is 12.4 Å². The molecule has 0 radical (unpaired) electrons. The highest BCUT2D eigenvalue weighted by Crippen LogP contribution is 2.41. The number of carbonyl (C=O) groups excluding carboxylic acids is 1. The number of aromatic nitrogens is 2. The van der Waals surface area contributed by atoms with E-state index in [0.717, 1.165) is 41.3 Å². The Balaban J connectivity index is 0.000000391. The molecular weight excluding hydrogens is 465 g/mol. The lowest BCUT2D eigenvalue weighted by atomic mass is 9.85. The van der Waals surface area contributed by atoms with Crippen LogP contribution in [-0.4, -0.2) is 38.4 Å². The molecule has 4 heterocycles. The van der Waals surface area contributed by atoms with Gasteiger partial charge in [-0.15, -0.1) is 0 Å². The molecule has 0 amide bonds. The number of carbonyl (C=O) groups is 1. The minimum atomic E-state index is -1.48. The lowest BCUT2D eigenvalue weighted by molar-refractivity contribution is -0.157. The maximum absolute atomic E-state index is 14.5. The molecule has 2 atom stereocenters. The molecule has 192 valence electrons. The molecule has 8 nitrogen and oxygen atoms in total. The van der Waals surface area contributed by atoms with Crippen LogP contribution in [0.1, 0.15) is 66.7 Å². The first-order chi connectivity index (χ1) is 17.2. The zero-order chi connectivity index (χ0) is 26.3. The summed E-state index contributed by atoms with van der Waals surface area (Å²) in [5.74, 6) is -1.03. The normalized spacial score (nSPS) is 17.6. The third kappa shape index (κ3) is 4.11. The first-order valence-corrected chi connectivity index (χ1v) is 12.4. The number of halogens is 1. The first kappa shape index (κ1) is 25.9. The monoisotopic (exact) mass is 497 g/mol. The molecule has 36 heavy (non-hydrogen) atoms. The molecule has 2 unspecified atom stereocenters. The van der Waals surface area contributed by atoms with Crippen molar-refractivity contribution in [1.29, 1.82) is 0 Å². The van der Waals surface area contributed by atoms with Gasteiger partial charge in [-0.2, -0.15) is 0 Å². The Morgan fingerprint density at radius 1 is 1.19 bits per heavy atom. The van der Waals surface area contributed by atoms with Gasteiger partial charge in [-0.3, -0.25) is 4.79 Å². The van der Waals surface area contributed by atoms with Gasteiger partial charge in [0.25, 0.3) is 5.56 Å². The highest BCUT2D eigenvalue weighted by atomic mass is 19.1. The van der Waals surface area contributed by atoms with E-state index in [-0.39, 0.29) is 29.7 Å². The van der Waals surface area contributed by atoms with Gasteiger partial charge in [-0.1, -0.05) is 13.8 Å².